The highest BCUT2D eigenvalue weighted by Crippen LogP contribution is 2.23. The molecule has 1 aromatic heterocycles. The van der Waals surface area contributed by atoms with E-state index in [4.69, 9.17) is 0 Å². The predicted molar refractivity (Wildman–Crippen MR) is 41.0 cm³/mol. The van der Waals surface area contributed by atoms with Gasteiger partial charge in [0.05, 0.1) is 0 Å². The van der Waals surface area contributed by atoms with Gasteiger partial charge in [0.2, 0.25) is 0 Å². The monoisotopic (exact) mass is 134 g/mol. The number of hydrogen-bond acceptors (Lipinski definition) is 2. The molecule has 2 heterocycles. The lowest BCUT2D eigenvalue weighted by molar-refractivity contribution is 0.837. The van der Waals surface area contributed by atoms with Gasteiger partial charge in [0.25, 0.3) is 0 Å². The van der Waals surface area contributed by atoms with Crippen LogP contribution < -0.4 is 5.32 Å². The number of rotatable bonds is 0. The van der Waals surface area contributed by atoms with E-state index in [-0.39, 0.29) is 0 Å². The van der Waals surface area contributed by atoms with Gasteiger partial charge in [-0.1, -0.05) is 0 Å². The quantitative estimate of drug-likeness (QED) is 0.580. The van der Waals surface area contributed by atoms with Gasteiger partial charge in [-0.15, -0.1) is 0 Å². The summed E-state index contributed by atoms with van der Waals surface area (Å²) in [7, 11) is 0. The molecule has 0 radical (unpaired) electrons. The third kappa shape index (κ3) is 0.764. The predicted octanol–water partition coefficient (Wildman–Crippen LogP) is 1.44. The number of nitrogens with one attached hydrogen (secondary N) is 1. The zero-order chi connectivity index (χ0) is 6.97. The number of nitrogens with zero attached hydrogens (tertiary/aromatic N) is 1. The fourth-order valence-electron chi connectivity index (χ4n) is 1.38. The van der Waals surface area contributed by atoms with Crippen molar-refractivity contribution in [2.75, 3.05) is 5.32 Å². The van der Waals surface area contributed by atoms with Gasteiger partial charge < -0.3 is 5.32 Å². The van der Waals surface area contributed by atoms with Crippen LogP contribution in [-0.2, 0) is 6.42 Å². The minimum Gasteiger partial charge on any atom is -0.382 e. The summed E-state index contributed by atoms with van der Waals surface area (Å²) >= 11 is 0. The first-order valence-corrected chi connectivity index (χ1v) is 3.55. The average Bonchev–Trinajstić information content (AvgIpc) is 2.27. The third-order valence-electron chi connectivity index (χ3n) is 1.83. The van der Waals surface area contributed by atoms with Crippen molar-refractivity contribution >= 4 is 5.69 Å². The Bertz CT molecular complexity index is 220. The zero-order valence-electron chi connectivity index (χ0n) is 5.96. The molecule has 1 aliphatic rings. The molecule has 0 fully saturated rings. The Morgan fingerprint density at radius 3 is 3.40 bits per heavy atom. The molecule has 1 atom stereocenters. The molecule has 2 nitrogen and oxygen atoms in total. The molecule has 0 bridgehead atoms. The van der Waals surface area contributed by atoms with E-state index in [1.54, 1.807) is 0 Å². The maximum absolute atomic E-state index is 4.05. The van der Waals surface area contributed by atoms with E-state index in [0.717, 1.165) is 6.42 Å². The Kier molecular flexibility index (Phi) is 1.13. The molecule has 2 heteroatoms. The van der Waals surface area contributed by atoms with Crippen LogP contribution >= 0.6 is 0 Å². The van der Waals surface area contributed by atoms with Crippen LogP contribution in [-0.4, -0.2) is 11.0 Å². The van der Waals surface area contributed by atoms with E-state index in [9.17, 15) is 0 Å². The number of aromatic nitrogens is 1. The Hall–Kier alpha value is -1.05. The summed E-state index contributed by atoms with van der Waals surface area (Å²) in [5, 5.41) is 3.36. The second-order valence-electron chi connectivity index (χ2n) is 2.78. The van der Waals surface area contributed by atoms with E-state index in [1.165, 1.54) is 11.3 Å². The van der Waals surface area contributed by atoms with Crippen LogP contribution in [0.1, 0.15) is 12.5 Å². The molecule has 0 saturated heterocycles. The molecule has 0 spiro atoms. The molecule has 1 unspecified atom stereocenters. The van der Waals surface area contributed by atoms with Gasteiger partial charge in [-0.05, 0) is 25.0 Å². The molecule has 0 amide bonds. The van der Waals surface area contributed by atoms with Gasteiger partial charge in [-0.3, -0.25) is 4.98 Å². The number of pyridine rings is 1. The van der Waals surface area contributed by atoms with E-state index in [2.05, 4.69) is 17.2 Å². The number of hydrogen-bond donors (Lipinski definition) is 1. The topological polar surface area (TPSA) is 24.9 Å². The molecule has 1 aliphatic heterocycles. The average molecular weight is 134 g/mol. The molecule has 2 rings (SSSR count). The van der Waals surface area contributed by atoms with Crippen molar-refractivity contribution in [3.63, 3.8) is 0 Å². The smallest absolute Gasteiger partial charge is 0.0406 e. The van der Waals surface area contributed by atoms with Crippen molar-refractivity contribution < 1.29 is 0 Å². The maximum atomic E-state index is 4.05. The lowest BCUT2D eigenvalue weighted by Gasteiger charge is -2.00. The Labute approximate surface area is 60.3 Å². The highest BCUT2D eigenvalue weighted by atomic mass is 14.9. The second-order valence-corrected chi connectivity index (χ2v) is 2.78. The minimum atomic E-state index is 0.583. The van der Waals surface area contributed by atoms with Crippen molar-refractivity contribution in [3.05, 3.63) is 24.0 Å². The molecule has 0 aromatic carbocycles. The third-order valence-corrected chi connectivity index (χ3v) is 1.83. The first-order chi connectivity index (χ1) is 4.86. The van der Waals surface area contributed by atoms with Crippen LogP contribution in [0.15, 0.2) is 18.5 Å². The van der Waals surface area contributed by atoms with Gasteiger partial charge >= 0.3 is 0 Å². The summed E-state index contributed by atoms with van der Waals surface area (Å²) in [5.41, 5.74) is 2.59. The summed E-state index contributed by atoms with van der Waals surface area (Å²) in [5.74, 6) is 0. The fraction of sp³-hybridized carbons (Fsp3) is 0.375. The first-order valence-electron chi connectivity index (χ1n) is 3.55. The number of anilines is 1. The van der Waals surface area contributed by atoms with Crippen molar-refractivity contribution in [2.24, 2.45) is 0 Å². The Balaban J connectivity index is 2.42. The lowest BCUT2D eigenvalue weighted by Crippen LogP contribution is -2.08. The normalized spacial score (nSPS) is 21.9. The van der Waals surface area contributed by atoms with E-state index < -0.39 is 0 Å². The van der Waals surface area contributed by atoms with E-state index >= 15 is 0 Å². The van der Waals surface area contributed by atoms with E-state index in [1.807, 2.05) is 18.5 Å². The minimum absolute atomic E-state index is 0.583. The lowest BCUT2D eigenvalue weighted by atomic mass is 10.2. The molecule has 1 N–H and O–H groups in total. The van der Waals surface area contributed by atoms with Gasteiger partial charge in [-0.25, -0.2) is 0 Å². The van der Waals surface area contributed by atoms with Crippen LogP contribution in [0.2, 0.25) is 0 Å². The summed E-state index contributed by atoms with van der Waals surface area (Å²) in [4.78, 5) is 4.05. The van der Waals surface area contributed by atoms with Crippen LogP contribution in [0.5, 0.6) is 0 Å². The molecular formula is C8H10N2. The second kappa shape index (κ2) is 1.97. The molecule has 0 aliphatic carbocycles. The highest BCUT2D eigenvalue weighted by molar-refractivity contribution is 5.54. The highest BCUT2D eigenvalue weighted by Gasteiger charge is 2.14. The van der Waals surface area contributed by atoms with Gasteiger partial charge in [0.1, 0.15) is 0 Å². The maximum Gasteiger partial charge on any atom is 0.0406 e. The molecular weight excluding hydrogens is 124 g/mol. The van der Waals surface area contributed by atoms with Crippen molar-refractivity contribution in [1.82, 2.24) is 4.98 Å². The van der Waals surface area contributed by atoms with Crippen molar-refractivity contribution in [3.8, 4) is 0 Å². The molecule has 10 heavy (non-hydrogen) atoms. The van der Waals surface area contributed by atoms with Gasteiger partial charge in [0.15, 0.2) is 0 Å². The van der Waals surface area contributed by atoms with Crippen molar-refractivity contribution in [2.45, 2.75) is 19.4 Å². The Morgan fingerprint density at radius 1 is 1.70 bits per heavy atom. The standard InChI is InChI=1S/C8H10N2/c1-6-4-7-5-9-3-2-8(7)10-6/h2-3,5-6,10H,4H2,1H3. The summed E-state index contributed by atoms with van der Waals surface area (Å²) < 4.78 is 0. The van der Waals surface area contributed by atoms with Crippen LogP contribution in [0.3, 0.4) is 0 Å². The zero-order valence-corrected chi connectivity index (χ0v) is 5.96. The van der Waals surface area contributed by atoms with Gasteiger partial charge in [-0.2, -0.15) is 0 Å². The molecule has 1 aromatic rings. The fourth-order valence-corrected chi connectivity index (χ4v) is 1.38. The van der Waals surface area contributed by atoms with E-state index in [0.29, 0.717) is 6.04 Å². The number of fused-ring (bicyclic) bond motifs is 1. The summed E-state index contributed by atoms with van der Waals surface area (Å²) in [6, 6.07) is 2.61. The van der Waals surface area contributed by atoms with Gasteiger partial charge in [0, 0.05) is 24.1 Å². The van der Waals surface area contributed by atoms with Crippen molar-refractivity contribution in [1.29, 1.82) is 0 Å². The van der Waals surface area contributed by atoms with Crippen LogP contribution in [0.25, 0.3) is 0 Å². The van der Waals surface area contributed by atoms with Crippen LogP contribution in [0.4, 0.5) is 5.69 Å². The SMILES string of the molecule is CC1Cc2cnccc2N1. The molecule has 52 valence electrons. The molecule has 0 saturated carbocycles. The summed E-state index contributed by atoms with van der Waals surface area (Å²) in [6.07, 6.45) is 4.87. The first kappa shape index (κ1) is 5.71. The van der Waals surface area contributed by atoms with Crippen LogP contribution in [0, 0.1) is 0 Å². The summed E-state index contributed by atoms with van der Waals surface area (Å²) in [6.45, 7) is 2.18. The Morgan fingerprint density at radius 2 is 2.60 bits per heavy atom. The largest absolute Gasteiger partial charge is 0.382 e.